The van der Waals surface area contributed by atoms with Crippen LogP contribution in [0, 0.1) is 6.92 Å². The molecule has 0 aliphatic carbocycles. The maximum atomic E-state index is 10.6. The lowest BCUT2D eigenvalue weighted by molar-refractivity contribution is -0.137. The fourth-order valence-corrected chi connectivity index (χ4v) is 1.88. The molecule has 0 saturated heterocycles. The van der Waals surface area contributed by atoms with Crippen molar-refractivity contribution in [1.29, 1.82) is 0 Å². The van der Waals surface area contributed by atoms with E-state index in [0.29, 0.717) is 10.7 Å². The van der Waals surface area contributed by atoms with Gasteiger partial charge in [0.1, 0.15) is 12.2 Å². The molecule has 0 spiro atoms. The van der Waals surface area contributed by atoms with Crippen LogP contribution in [0.3, 0.4) is 0 Å². The minimum atomic E-state index is -0.960. The van der Waals surface area contributed by atoms with E-state index in [0.717, 1.165) is 11.3 Å². The van der Waals surface area contributed by atoms with Gasteiger partial charge in [0.2, 0.25) is 0 Å². The van der Waals surface area contributed by atoms with Gasteiger partial charge in [-0.3, -0.25) is 14.2 Å². The topological polar surface area (TPSA) is 72.9 Å². The van der Waals surface area contributed by atoms with Crippen molar-refractivity contribution in [3.63, 3.8) is 0 Å². The molecule has 0 atom stereocenters. The second-order valence-corrected chi connectivity index (χ2v) is 4.13. The Morgan fingerprint density at radius 3 is 2.71 bits per heavy atom. The van der Waals surface area contributed by atoms with Crippen LogP contribution in [0.2, 0.25) is 5.02 Å². The van der Waals surface area contributed by atoms with Gasteiger partial charge in [0.05, 0.1) is 10.7 Å². The highest BCUT2D eigenvalue weighted by Crippen LogP contribution is 2.27. The molecule has 2 rings (SSSR count). The number of aliphatic carboxylic acids is 1. The van der Waals surface area contributed by atoms with Gasteiger partial charge in [-0.1, -0.05) is 11.6 Å². The summed E-state index contributed by atoms with van der Waals surface area (Å²) in [4.78, 5) is 10.6. The number of nitrogens with zero attached hydrogens (tertiary/aromatic N) is 4. The third kappa shape index (κ3) is 2.31. The molecular weight excluding hydrogens is 244 g/mol. The normalized spacial score (nSPS) is 10.8. The summed E-state index contributed by atoms with van der Waals surface area (Å²) in [6.07, 6.45) is 3.30. The van der Waals surface area contributed by atoms with Crippen molar-refractivity contribution in [3.05, 3.63) is 23.1 Å². The zero-order chi connectivity index (χ0) is 12.6. The maximum Gasteiger partial charge on any atom is 0.325 e. The van der Waals surface area contributed by atoms with E-state index in [2.05, 4.69) is 10.2 Å². The van der Waals surface area contributed by atoms with Crippen LogP contribution in [-0.4, -0.2) is 30.6 Å². The first kappa shape index (κ1) is 11.7. The smallest absolute Gasteiger partial charge is 0.325 e. The average molecular weight is 255 g/mol. The monoisotopic (exact) mass is 254 g/mol. The molecular formula is C10H11ClN4O2. The summed E-state index contributed by atoms with van der Waals surface area (Å²) in [5, 5.41) is 17.4. The maximum absolute atomic E-state index is 10.6. The predicted molar refractivity (Wildman–Crippen MR) is 61.8 cm³/mol. The Labute approximate surface area is 102 Å². The summed E-state index contributed by atoms with van der Waals surface area (Å²) in [6, 6.07) is 0. The highest BCUT2D eigenvalue weighted by molar-refractivity contribution is 6.33. The molecule has 2 aromatic rings. The van der Waals surface area contributed by atoms with E-state index >= 15 is 0 Å². The van der Waals surface area contributed by atoms with Crippen LogP contribution in [0.5, 0.6) is 0 Å². The van der Waals surface area contributed by atoms with E-state index in [-0.39, 0.29) is 6.54 Å². The second kappa shape index (κ2) is 4.21. The Hall–Kier alpha value is -1.82. The summed E-state index contributed by atoms with van der Waals surface area (Å²) in [5.74, 6) is -0.960. The van der Waals surface area contributed by atoms with Gasteiger partial charge in [0, 0.05) is 25.0 Å². The minimum absolute atomic E-state index is 0.209. The predicted octanol–water partition coefficient (Wildman–Crippen LogP) is 1.33. The molecule has 7 heteroatoms. The van der Waals surface area contributed by atoms with Crippen molar-refractivity contribution in [3.8, 4) is 11.3 Å². The van der Waals surface area contributed by atoms with E-state index in [1.165, 1.54) is 10.9 Å². The molecule has 2 aromatic heterocycles. The van der Waals surface area contributed by atoms with Crippen molar-refractivity contribution in [2.45, 2.75) is 13.5 Å². The number of carboxylic acid groups (broad SMARTS) is 1. The zero-order valence-corrected chi connectivity index (χ0v) is 10.1. The van der Waals surface area contributed by atoms with Gasteiger partial charge >= 0.3 is 5.97 Å². The lowest BCUT2D eigenvalue weighted by Crippen LogP contribution is -2.08. The number of carboxylic acids is 1. The number of rotatable bonds is 3. The third-order valence-electron chi connectivity index (χ3n) is 2.28. The summed E-state index contributed by atoms with van der Waals surface area (Å²) >= 11 is 6.03. The first-order valence-corrected chi connectivity index (χ1v) is 5.30. The molecule has 0 saturated carbocycles. The molecule has 17 heavy (non-hydrogen) atoms. The molecule has 90 valence electrons. The van der Waals surface area contributed by atoms with E-state index < -0.39 is 5.97 Å². The van der Waals surface area contributed by atoms with Crippen LogP contribution in [0.1, 0.15) is 5.69 Å². The average Bonchev–Trinajstić information content (AvgIpc) is 2.69. The Balaban J connectivity index is 2.42. The Morgan fingerprint density at radius 2 is 2.18 bits per heavy atom. The van der Waals surface area contributed by atoms with Gasteiger partial charge in [0.15, 0.2) is 0 Å². The number of carbonyl (C=O) groups is 1. The van der Waals surface area contributed by atoms with Gasteiger partial charge in [-0.15, -0.1) is 0 Å². The SMILES string of the molecule is Cc1nn(C)cc1-c1nn(CC(=O)O)cc1Cl. The first-order chi connectivity index (χ1) is 7.97. The molecule has 0 bridgehead atoms. The number of aryl methyl sites for hydroxylation is 2. The van der Waals surface area contributed by atoms with Crippen molar-refractivity contribution >= 4 is 17.6 Å². The van der Waals surface area contributed by atoms with Crippen LogP contribution in [-0.2, 0) is 18.4 Å². The van der Waals surface area contributed by atoms with Gasteiger partial charge in [-0.25, -0.2) is 0 Å². The highest BCUT2D eigenvalue weighted by Gasteiger charge is 2.15. The number of halogens is 1. The molecule has 0 unspecified atom stereocenters. The molecule has 0 fully saturated rings. The standard InChI is InChI=1S/C10H11ClN4O2/c1-6-7(3-14(2)12-6)10-8(11)4-15(13-10)5-9(16)17/h3-4H,5H2,1-2H3,(H,16,17). The van der Waals surface area contributed by atoms with E-state index in [1.54, 1.807) is 17.9 Å². The number of hydrogen-bond acceptors (Lipinski definition) is 3. The fraction of sp³-hybridized carbons (Fsp3) is 0.300. The number of hydrogen-bond donors (Lipinski definition) is 1. The first-order valence-electron chi connectivity index (χ1n) is 4.92. The molecule has 6 nitrogen and oxygen atoms in total. The van der Waals surface area contributed by atoms with Gasteiger partial charge < -0.3 is 5.11 Å². The second-order valence-electron chi connectivity index (χ2n) is 3.72. The van der Waals surface area contributed by atoms with E-state index in [9.17, 15) is 4.79 Å². The van der Waals surface area contributed by atoms with Crippen LogP contribution >= 0.6 is 11.6 Å². The molecule has 0 aromatic carbocycles. The Bertz CT molecular complexity index is 573. The van der Waals surface area contributed by atoms with Crippen LogP contribution in [0.25, 0.3) is 11.3 Å². The fourth-order valence-electron chi connectivity index (χ4n) is 1.63. The lowest BCUT2D eigenvalue weighted by Gasteiger charge is -1.95. The van der Waals surface area contributed by atoms with Crippen molar-refractivity contribution in [2.75, 3.05) is 0 Å². The Morgan fingerprint density at radius 1 is 1.47 bits per heavy atom. The van der Waals surface area contributed by atoms with Crippen molar-refractivity contribution < 1.29 is 9.90 Å². The summed E-state index contributed by atoms with van der Waals surface area (Å²) in [7, 11) is 1.80. The molecule has 0 aliphatic heterocycles. The molecule has 1 N–H and O–H groups in total. The van der Waals surface area contributed by atoms with E-state index in [4.69, 9.17) is 16.7 Å². The van der Waals surface area contributed by atoms with Gasteiger partial charge in [-0.05, 0) is 6.92 Å². The largest absolute Gasteiger partial charge is 0.480 e. The van der Waals surface area contributed by atoms with Gasteiger partial charge in [0.25, 0.3) is 0 Å². The van der Waals surface area contributed by atoms with Crippen molar-refractivity contribution in [1.82, 2.24) is 19.6 Å². The molecule has 0 aliphatic rings. The highest BCUT2D eigenvalue weighted by atomic mass is 35.5. The van der Waals surface area contributed by atoms with E-state index in [1.807, 2.05) is 6.92 Å². The summed E-state index contributed by atoms with van der Waals surface area (Å²) < 4.78 is 2.96. The van der Waals surface area contributed by atoms with Crippen LogP contribution < -0.4 is 0 Å². The third-order valence-corrected chi connectivity index (χ3v) is 2.56. The summed E-state index contributed by atoms with van der Waals surface area (Å²) in [6.45, 7) is 1.64. The van der Waals surface area contributed by atoms with Crippen LogP contribution in [0.15, 0.2) is 12.4 Å². The zero-order valence-electron chi connectivity index (χ0n) is 9.38. The molecule has 0 amide bonds. The molecule has 0 radical (unpaired) electrons. The van der Waals surface area contributed by atoms with Crippen LogP contribution in [0.4, 0.5) is 0 Å². The lowest BCUT2D eigenvalue weighted by atomic mass is 10.2. The van der Waals surface area contributed by atoms with Gasteiger partial charge in [-0.2, -0.15) is 10.2 Å². The quantitative estimate of drug-likeness (QED) is 0.897. The number of aromatic nitrogens is 4. The minimum Gasteiger partial charge on any atom is -0.480 e. The van der Waals surface area contributed by atoms with Crippen molar-refractivity contribution in [2.24, 2.45) is 7.05 Å². The Kier molecular flexibility index (Phi) is 2.89. The molecule has 2 heterocycles. The summed E-state index contributed by atoms with van der Waals surface area (Å²) in [5.41, 5.74) is 2.16.